The molecule has 0 amide bonds. The molecule has 1 nitrogen and oxygen atoms in total. The molecule has 1 N–H and O–H groups in total. The van der Waals surface area contributed by atoms with Crippen molar-refractivity contribution in [3.05, 3.63) is 90.5 Å². The molecule has 116 valence electrons. The van der Waals surface area contributed by atoms with Crippen molar-refractivity contribution in [2.75, 3.05) is 0 Å². The van der Waals surface area contributed by atoms with Gasteiger partial charge in [0.15, 0.2) is 0 Å². The van der Waals surface area contributed by atoms with Gasteiger partial charge in [-0.1, -0.05) is 103 Å². The van der Waals surface area contributed by atoms with Gasteiger partial charge < -0.3 is 5.11 Å². The molecule has 0 saturated carbocycles. The number of rotatable bonds is 4. The third-order valence-electron chi connectivity index (χ3n) is 4.53. The second-order valence-corrected chi connectivity index (χ2v) is 11.0. The Kier molecular flexibility index (Phi) is 4.46. The maximum absolute atomic E-state index is 10.9. The molecular weight excluding hydrogens is 296 g/mol. The van der Waals surface area contributed by atoms with Crippen LogP contribution in [0.5, 0.6) is 0 Å². The summed E-state index contributed by atoms with van der Waals surface area (Å²) >= 11 is 0. The minimum absolute atomic E-state index is 0.408. The molecule has 0 spiro atoms. The Morgan fingerprint density at radius 1 is 0.652 bits per heavy atom. The summed E-state index contributed by atoms with van der Waals surface area (Å²) in [6, 6.07) is 29.0. The Labute approximate surface area is 139 Å². The van der Waals surface area contributed by atoms with Crippen molar-refractivity contribution in [3.63, 3.8) is 0 Å². The first-order valence-electron chi connectivity index (χ1n) is 7.98. The zero-order valence-corrected chi connectivity index (χ0v) is 14.6. The Morgan fingerprint density at radius 2 is 1.13 bits per heavy atom. The third kappa shape index (κ3) is 3.28. The standard InChI is InChI=1S/C21H22OSi/c1-23(2,20-11-7-4-8-12-20)21(22)19-15-13-18(14-16-19)17-9-5-3-6-10-17/h3-16,21-22H,1-2H3/t21-/m0/s1. The van der Waals surface area contributed by atoms with Gasteiger partial charge in [0.05, 0.1) is 5.73 Å². The van der Waals surface area contributed by atoms with E-state index in [1.54, 1.807) is 0 Å². The smallest absolute Gasteiger partial charge is 0.118 e. The number of hydrogen-bond donors (Lipinski definition) is 1. The third-order valence-corrected chi connectivity index (χ3v) is 8.06. The summed E-state index contributed by atoms with van der Waals surface area (Å²) < 4.78 is 0. The molecule has 0 aliphatic heterocycles. The molecule has 0 aliphatic rings. The number of aliphatic hydroxyl groups is 1. The summed E-state index contributed by atoms with van der Waals surface area (Å²) in [6.07, 6.45) is 0. The van der Waals surface area contributed by atoms with E-state index >= 15 is 0 Å². The van der Waals surface area contributed by atoms with Gasteiger partial charge in [0.1, 0.15) is 8.07 Å². The van der Waals surface area contributed by atoms with Gasteiger partial charge in [0.25, 0.3) is 0 Å². The minimum atomic E-state index is -1.96. The van der Waals surface area contributed by atoms with Gasteiger partial charge in [-0.2, -0.15) is 0 Å². The monoisotopic (exact) mass is 318 g/mol. The molecule has 2 heteroatoms. The quantitative estimate of drug-likeness (QED) is 0.700. The maximum Gasteiger partial charge on any atom is 0.118 e. The van der Waals surface area contributed by atoms with E-state index in [0.717, 1.165) is 5.56 Å². The number of aliphatic hydroxyl groups excluding tert-OH is 1. The van der Waals surface area contributed by atoms with Crippen molar-refractivity contribution in [1.29, 1.82) is 0 Å². The molecule has 0 saturated heterocycles. The lowest BCUT2D eigenvalue weighted by Gasteiger charge is -2.29. The van der Waals surface area contributed by atoms with E-state index in [1.165, 1.54) is 16.3 Å². The molecule has 0 unspecified atom stereocenters. The van der Waals surface area contributed by atoms with Crippen LogP contribution in [0.2, 0.25) is 13.1 Å². The number of hydrogen-bond acceptors (Lipinski definition) is 1. The van der Waals surface area contributed by atoms with E-state index in [1.807, 2.05) is 24.3 Å². The van der Waals surface area contributed by atoms with Gasteiger partial charge in [0.2, 0.25) is 0 Å². The molecule has 23 heavy (non-hydrogen) atoms. The van der Waals surface area contributed by atoms with Crippen LogP contribution >= 0.6 is 0 Å². The van der Waals surface area contributed by atoms with Crippen LogP contribution in [-0.4, -0.2) is 13.2 Å². The van der Waals surface area contributed by atoms with E-state index in [4.69, 9.17) is 0 Å². The van der Waals surface area contributed by atoms with Crippen LogP contribution in [-0.2, 0) is 0 Å². The van der Waals surface area contributed by atoms with E-state index in [9.17, 15) is 5.11 Å². The lowest BCUT2D eigenvalue weighted by Crippen LogP contribution is -2.47. The Morgan fingerprint density at radius 3 is 1.70 bits per heavy atom. The highest BCUT2D eigenvalue weighted by atomic mass is 28.3. The average molecular weight is 318 g/mol. The lowest BCUT2D eigenvalue weighted by atomic mass is 10.0. The molecule has 3 aromatic carbocycles. The molecular formula is C21H22OSi. The normalized spacial score (nSPS) is 12.8. The van der Waals surface area contributed by atoms with Crippen molar-refractivity contribution in [1.82, 2.24) is 0 Å². The van der Waals surface area contributed by atoms with Crippen LogP contribution in [0, 0.1) is 0 Å². The fourth-order valence-electron chi connectivity index (χ4n) is 2.93. The zero-order valence-electron chi connectivity index (χ0n) is 13.6. The summed E-state index contributed by atoms with van der Waals surface area (Å²) in [5.74, 6) is 0. The van der Waals surface area contributed by atoms with Crippen molar-refractivity contribution < 1.29 is 5.11 Å². The lowest BCUT2D eigenvalue weighted by molar-refractivity contribution is 0.251. The van der Waals surface area contributed by atoms with Crippen LogP contribution < -0.4 is 5.19 Å². The van der Waals surface area contributed by atoms with Crippen LogP contribution in [0.4, 0.5) is 0 Å². The van der Waals surface area contributed by atoms with Gasteiger partial charge in [-0.25, -0.2) is 0 Å². The van der Waals surface area contributed by atoms with Crippen LogP contribution in [0.25, 0.3) is 11.1 Å². The molecule has 3 rings (SSSR count). The van der Waals surface area contributed by atoms with Crippen LogP contribution in [0.3, 0.4) is 0 Å². The first kappa shape index (κ1) is 15.7. The molecule has 0 aliphatic carbocycles. The summed E-state index contributed by atoms with van der Waals surface area (Å²) in [5.41, 5.74) is 2.98. The van der Waals surface area contributed by atoms with E-state index in [2.05, 4.69) is 73.8 Å². The molecule has 0 fully saturated rings. The number of benzene rings is 3. The van der Waals surface area contributed by atoms with Crippen molar-refractivity contribution in [2.24, 2.45) is 0 Å². The molecule has 0 aromatic heterocycles. The highest BCUT2D eigenvalue weighted by Gasteiger charge is 2.33. The van der Waals surface area contributed by atoms with E-state index in [0.29, 0.717) is 0 Å². The summed E-state index contributed by atoms with van der Waals surface area (Å²) in [4.78, 5) is 0. The van der Waals surface area contributed by atoms with Gasteiger partial charge in [-0.15, -0.1) is 0 Å². The fourth-order valence-corrected chi connectivity index (χ4v) is 5.32. The predicted octanol–water partition coefficient (Wildman–Crippen LogP) is 4.54. The first-order valence-corrected chi connectivity index (χ1v) is 11.1. The summed E-state index contributed by atoms with van der Waals surface area (Å²) in [7, 11) is -1.96. The summed E-state index contributed by atoms with van der Waals surface area (Å²) in [5, 5.41) is 12.2. The van der Waals surface area contributed by atoms with Gasteiger partial charge >= 0.3 is 0 Å². The molecule has 0 radical (unpaired) electrons. The van der Waals surface area contributed by atoms with Crippen molar-refractivity contribution in [3.8, 4) is 11.1 Å². The predicted molar refractivity (Wildman–Crippen MR) is 100 cm³/mol. The molecule has 1 atom stereocenters. The van der Waals surface area contributed by atoms with Crippen LogP contribution in [0.15, 0.2) is 84.9 Å². The van der Waals surface area contributed by atoms with Gasteiger partial charge in [-0.05, 0) is 16.7 Å². The topological polar surface area (TPSA) is 20.2 Å². The first-order chi connectivity index (χ1) is 11.1. The largest absolute Gasteiger partial charge is 0.392 e. The molecule has 0 bridgehead atoms. The molecule has 0 heterocycles. The average Bonchev–Trinajstić information content (AvgIpc) is 2.63. The molecule has 3 aromatic rings. The van der Waals surface area contributed by atoms with Crippen molar-refractivity contribution in [2.45, 2.75) is 18.8 Å². The fraction of sp³-hybridized carbons (Fsp3) is 0.143. The highest BCUT2D eigenvalue weighted by Crippen LogP contribution is 2.27. The minimum Gasteiger partial charge on any atom is -0.392 e. The van der Waals surface area contributed by atoms with Crippen LogP contribution in [0.1, 0.15) is 11.3 Å². The highest BCUT2D eigenvalue weighted by molar-refractivity contribution is 6.90. The Bertz CT molecular complexity index is 749. The second kappa shape index (κ2) is 6.53. The Balaban J connectivity index is 1.87. The maximum atomic E-state index is 10.9. The SMILES string of the molecule is C[Si](C)(c1ccccc1)[C@H](O)c1ccc(-c2ccccc2)cc1. The summed E-state index contributed by atoms with van der Waals surface area (Å²) in [6.45, 7) is 4.44. The van der Waals surface area contributed by atoms with E-state index in [-0.39, 0.29) is 0 Å². The Hall–Kier alpha value is -2.16. The van der Waals surface area contributed by atoms with Gasteiger partial charge in [-0.3, -0.25) is 0 Å². The second-order valence-electron chi connectivity index (χ2n) is 6.48. The zero-order chi connectivity index (χ0) is 16.3. The van der Waals surface area contributed by atoms with E-state index < -0.39 is 13.8 Å². The van der Waals surface area contributed by atoms with Crippen molar-refractivity contribution >= 4 is 13.3 Å². The van der Waals surface area contributed by atoms with Gasteiger partial charge in [0, 0.05) is 0 Å².